The Labute approximate surface area is 118 Å². The molecule has 0 saturated heterocycles. The Morgan fingerprint density at radius 1 is 1.40 bits per heavy atom. The summed E-state index contributed by atoms with van der Waals surface area (Å²) in [4.78, 5) is 2.19. The normalized spacial score (nSPS) is 15.2. The highest BCUT2D eigenvalue weighted by Crippen LogP contribution is 2.19. The summed E-state index contributed by atoms with van der Waals surface area (Å²) >= 11 is 0. The molecule has 5 heteroatoms. The number of aromatic nitrogens is 1. The lowest BCUT2D eigenvalue weighted by atomic mass is 10.2. The lowest BCUT2D eigenvalue weighted by Crippen LogP contribution is -2.17. The van der Waals surface area contributed by atoms with Gasteiger partial charge < -0.3 is 14.3 Å². The highest BCUT2D eigenvalue weighted by molar-refractivity contribution is 5.15. The summed E-state index contributed by atoms with van der Waals surface area (Å²) in [6.07, 6.45) is 4.31. The highest BCUT2D eigenvalue weighted by atomic mass is 16.5. The van der Waals surface area contributed by atoms with E-state index in [0.29, 0.717) is 6.04 Å². The molecule has 0 aliphatic heterocycles. The zero-order valence-corrected chi connectivity index (χ0v) is 12.1. The molecule has 0 aromatic carbocycles. The van der Waals surface area contributed by atoms with E-state index >= 15 is 0 Å². The Balaban J connectivity index is 1.50. The average Bonchev–Trinajstić information content (AvgIpc) is 3.02. The minimum atomic E-state index is 0.696. The van der Waals surface area contributed by atoms with E-state index < -0.39 is 0 Å². The molecule has 2 aromatic rings. The zero-order valence-electron chi connectivity index (χ0n) is 12.1. The highest BCUT2D eigenvalue weighted by Gasteiger charge is 2.20. The van der Waals surface area contributed by atoms with Gasteiger partial charge in [0.2, 0.25) is 0 Å². The van der Waals surface area contributed by atoms with Crippen molar-refractivity contribution in [2.45, 2.75) is 45.4 Å². The van der Waals surface area contributed by atoms with Crippen molar-refractivity contribution in [1.82, 2.24) is 15.4 Å². The number of hydrogen-bond donors (Lipinski definition) is 1. The van der Waals surface area contributed by atoms with Gasteiger partial charge in [-0.15, -0.1) is 0 Å². The molecule has 1 saturated carbocycles. The van der Waals surface area contributed by atoms with Crippen LogP contribution in [0.2, 0.25) is 0 Å². The molecule has 20 heavy (non-hydrogen) atoms. The van der Waals surface area contributed by atoms with Crippen molar-refractivity contribution in [2.24, 2.45) is 0 Å². The van der Waals surface area contributed by atoms with Gasteiger partial charge in [-0.25, -0.2) is 0 Å². The number of nitrogens with one attached hydrogen (secondary N) is 1. The predicted octanol–water partition coefficient (Wildman–Crippen LogP) is 2.46. The van der Waals surface area contributed by atoms with Crippen molar-refractivity contribution < 1.29 is 8.94 Å². The monoisotopic (exact) mass is 275 g/mol. The minimum Gasteiger partial charge on any atom is -0.469 e. The van der Waals surface area contributed by atoms with Crippen LogP contribution in [0.1, 0.15) is 35.6 Å². The van der Waals surface area contributed by atoms with E-state index in [1.54, 1.807) is 6.26 Å². The van der Waals surface area contributed by atoms with Crippen LogP contribution in [0.25, 0.3) is 0 Å². The molecule has 1 aliphatic carbocycles. The lowest BCUT2D eigenvalue weighted by molar-refractivity contribution is 0.264. The molecule has 0 atom stereocenters. The van der Waals surface area contributed by atoms with Crippen LogP contribution in [0.15, 0.2) is 27.3 Å². The van der Waals surface area contributed by atoms with Crippen LogP contribution in [0.4, 0.5) is 0 Å². The fourth-order valence-electron chi connectivity index (χ4n) is 2.24. The van der Waals surface area contributed by atoms with Crippen molar-refractivity contribution in [3.8, 4) is 0 Å². The van der Waals surface area contributed by atoms with Gasteiger partial charge in [-0.05, 0) is 32.9 Å². The van der Waals surface area contributed by atoms with E-state index in [2.05, 4.69) is 22.4 Å². The summed E-state index contributed by atoms with van der Waals surface area (Å²) in [5.74, 6) is 1.88. The molecule has 0 unspecified atom stereocenters. The molecule has 5 nitrogen and oxygen atoms in total. The SMILES string of the molecule is Cc1occc1CN(C)Cc1cc(CNC2CC2)no1. The van der Waals surface area contributed by atoms with Crippen molar-refractivity contribution in [3.63, 3.8) is 0 Å². The third-order valence-corrected chi connectivity index (χ3v) is 3.59. The summed E-state index contributed by atoms with van der Waals surface area (Å²) < 4.78 is 10.7. The third kappa shape index (κ3) is 3.49. The molecule has 0 spiro atoms. The van der Waals surface area contributed by atoms with Crippen LogP contribution >= 0.6 is 0 Å². The fourth-order valence-corrected chi connectivity index (χ4v) is 2.24. The van der Waals surface area contributed by atoms with Crippen molar-refractivity contribution in [3.05, 3.63) is 41.2 Å². The molecule has 1 aliphatic rings. The first kappa shape index (κ1) is 13.4. The Bertz CT molecular complexity index is 557. The summed E-state index contributed by atoms with van der Waals surface area (Å²) in [6, 6.07) is 4.74. The molecule has 108 valence electrons. The topological polar surface area (TPSA) is 54.4 Å². The van der Waals surface area contributed by atoms with Crippen molar-refractivity contribution >= 4 is 0 Å². The van der Waals surface area contributed by atoms with E-state index in [0.717, 1.165) is 36.8 Å². The van der Waals surface area contributed by atoms with Gasteiger partial charge in [0.15, 0.2) is 5.76 Å². The second kappa shape index (κ2) is 5.81. The second-order valence-corrected chi connectivity index (χ2v) is 5.61. The Kier molecular flexibility index (Phi) is 3.89. The van der Waals surface area contributed by atoms with Crippen LogP contribution in [0, 0.1) is 6.92 Å². The summed E-state index contributed by atoms with van der Waals surface area (Å²) in [7, 11) is 2.07. The molecular formula is C15H21N3O2. The first-order chi connectivity index (χ1) is 9.70. The van der Waals surface area contributed by atoms with E-state index in [4.69, 9.17) is 8.94 Å². The van der Waals surface area contributed by atoms with Gasteiger partial charge in [-0.3, -0.25) is 4.90 Å². The number of rotatable bonds is 7. The standard InChI is InChI=1S/C15H21N3O2/c1-11-12(5-6-19-11)9-18(2)10-15-7-14(17-20-15)8-16-13-3-4-13/h5-7,13,16H,3-4,8-10H2,1-2H3. The van der Waals surface area contributed by atoms with Gasteiger partial charge >= 0.3 is 0 Å². The second-order valence-electron chi connectivity index (χ2n) is 5.61. The van der Waals surface area contributed by atoms with E-state index in [1.165, 1.54) is 18.4 Å². The molecule has 2 aromatic heterocycles. The lowest BCUT2D eigenvalue weighted by Gasteiger charge is -2.13. The van der Waals surface area contributed by atoms with Crippen LogP contribution in [0.3, 0.4) is 0 Å². The van der Waals surface area contributed by atoms with Gasteiger partial charge in [0, 0.05) is 30.8 Å². The predicted molar refractivity (Wildman–Crippen MR) is 75.0 cm³/mol. The number of hydrogen-bond acceptors (Lipinski definition) is 5. The number of aryl methyl sites for hydroxylation is 1. The van der Waals surface area contributed by atoms with Crippen molar-refractivity contribution in [2.75, 3.05) is 7.05 Å². The van der Waals surface area contributed by atoms with Gasteiger partial charge in [-0.2, -0.15) is 0 Å². The molecule has 0 amide bonds. The third-order valence-electron chi connectivity index (χ3n) is 3.59. The largest absolute Gasteiger partial charge is 0.469 e. The summed E-state index contributed by atoms with van der Waals surface area (Å²) in [5.41, 5.74) is 2.20. The molecular weight excluding hydrogens is 254 g/mol. The Morgan fingerprint density at radius 2 is 2.25 bits per heavy atom. The van der Waals surface area contributed by atoms with Crippen LogP contribution in [-0.4, -0.2) is 23.1 Å². The van der Waals surface area contributed by atoms with Gasteiger partial charge in [0.05, 0.1) is 18.5 Å². The van der Waals surface area contributed by atoms with Crippen LogP contribution < -0.4 is 5.32 Å². The van der Waals surface area contributed by atoms with Crippen molar-refractivity contribution in [1.29, 1.82) is 0 Å². The number of nitrogens with zero attached hydrogens (tertiary/aromatic N) is 2. The Hall–Kier alpha value is -1.59. The summed E-state index contributed by atoms with van der Waals surface area (Å²) in [6.45, 7) is 4.39. The maximum Gasteiger partial charge on any atom is 0.151 e. The molecule has 0 bridgehead atoms. The zero-order chi connectivity index (χ0) is 13.9. The van der Waals surface area contributed by atoms with Gasteiger partial charge in [0.25, 0.3) is 0 Å². The van der Waals surface area contributed by atoms with Crippen LogP contribution in [-0.2, 0) is 19.6 Å². The molecule has 0 radical (unpaired) electrons. The number of furan rings is 1. The van der Waals surface area contributed by atoms with E-state index in [-0.39, 0.29) is 0 Å². The maximum absolute atomic E-state index is 5.38. The first-order valence-electron chi connectivity index (χ1n) is 7.10. The summed E-state index contributed by atoms with van der Waals surface area (Å²) in [5, 5.41) is 7.54. The van der Waals surface area contributed by atoms with Crippen LogP contribution in [0.5, 0.6) is 0 Å². The molecule has 2 heterocycles. The molecule has 1 fully saturated rings. The molecule has 1 N–H and O–H groups in total. The first-order valence-corrected chi connectivity index (χ1v) is 7.10. The van der Waals surface area contributed by atoms with E-state index in [1.807, 2.05) is 19.1 Å². The maximum atomic E-state index is 5.38. The smallest absolute Gasteiger partial charge is 0.151 e. The Morgan fingerprint density at radius 3 is 2.95 bits per heavy atom. The van der Waals surface area contributed by atoms with Gasteiger partial charge in [0.1, 0.15) is 5.76 Å². The quantitative estimate of drug-likeness (QED) is 0.841. The van der Waals surface area contributed by atoms with E-state index in [9.17, 15) is 0 Å². The van der Waals surface area contributed by atoms with Gasteiger partial charge in [-0.1, -0.05) is 5.16 Å². The fraction of sp³-hybridized carbons (Fsp3) is 0.533. The minimum absolute atomic E-state index is 0.696. The molecule has 3 rings (SSSR count). The average molecular weight is 275 g/mol.